The van der Waals surface area contributed by atoms with E-state index < -0.39 is 0 Å². The fraction of sp³-hybridized carbons (Fsp3) is 0.562. The summed E-state index contributed by atoms with van der Waals surface area (Å²) in [7, 11) is 0. The van der Waals surface area contributed by atoms with Crippen molar-refractivity contribution in [3.05, 3.63) is 35.4 Å². The number of hydrogen-bond donors (Lipinski definition) is 1. The van der Waals surface area contributed by atoms with Gasteiger partial charge in [0.1, 0.15) is 0 Å². The Labute approximate surface area is 139 Å². The maximum Gasteiger partial charge on any atom is 0.274 e. The lowest BCUT2D eigenvalue weighted by Gasteiger charge is -2.22. The van der Waals surface area contributed by atoms with Gasteiger partial charge in [0.15, 0.2) is 6.29 Å². The molecule has 1 atom stereocenters. The Morgan fingerprint density at radius 3 is 2.59 bits per heavy atom. The van der Waals surface area contributed by atoms with Crippen molar-refractivity contribution in [3.63, 3.8) is 0 Å². The molecule has 0 bridgehead atoms. The van der Waals surface area contributed by atoms with E-state index in [1.165, 1.54) is 23.5 Å². The van der Waals surface area contributed by atoms with Gasteiger partial charge in [-0.05, 0) is 48.5 Å². The number of hydrogen-bond acceptors (Lipinski definition) is 5. The van der Waals surface area contributed by atoms with Gasteiger partial charge in [-0.3, -0.25) is 4.79 Å². The van der Waals surface area contributed by atoms with Crippen LogP contribution in [0.3, 0.4) is 0 Å². The smallest absolute Gasteiger partial charge is 0.274 e. The largest absolute Gasteiger partial charge is 0.350 e. The number of amides is 1. The van der Waals surface area contributed by atoms with E-state index in [1.807, 2.05) is 47.8 Å². The van der Waals surface area contributed by atoms with Crippen LogP contribution in [0.4, 0.5) is 0 Å². The number of carbonyl (C=O) groups excluding carboxylic acids is 1. The highest BCUT2D eigenvalue weighted by molar-refractivity contribution is 8.16. The highest BCUT2D eigenvalue weighted by Gasteiger charge is 2.18. The van der Waals surface area contributed by atoms with E-state index in [2.05, 4.69) is 5.48 Å². The van der Waals surface area contributed by atoms with Crippen LogP contribution in [0.25, 0.3) is 0 Å². The first-order valence-electron chi connectivity index (χ1n) is 7.74. The molecule has 1 aromatic rings. The van der Waals surface area contributed by atoms with Gasteiger partial charge in [-0.25, -0.2) is 10.3 Å². The second kappa shape index (κ2) is 8.24. The molecule has 1 aromatic carbocycles. The van der Waals surface area contributed by atoms with Gasteiger partial charge < -0.3 is 4.74 Å². The van der Waals surface area contributed by atoms with E-state index in [0.717, 1.165) is 19.3 Å². The zero-order valence-electron chi connectivity index (χ0n) is 12.5. The molecule has 120 valence electrons. The van der Waals surface area contributed by atoms with Gasteiger partial charge in [-0.1, -0.05) is 12.1 Å². The summed E-state index contributed by atoms with van der Waals surface area (Å²) in [6.07, 6.45) is 3.94. The Bertz CT molecular complexity index is 483. The Morgan fingerprint density at radius 2 is 1.91 bits per heavy atom. The predicted molar refractivity (Wildman–Crippen MR) is 90.9 cm³/mol. The molecule has 2 heterocycles. The lowest BCUT2D eigenvalue weighted by Crippen LogP contribution is -2.33. The minimum Gasteiger partial charge on any atom is -0.350 e. The molecule has 0 radical (unpaired) electrons. The van der Waals surface area contributed by atoms with Gasteiger partial charge in [0.2, 0.25) is 0 Å². The SMILES string of the molecule is O=C(NO[C@@H]1CCCCO1)c1ccc(C2SCCCS2)cc1. The number of carbonyl (C=O) groups is 1. The average molecular weight is 339 g/mol. The highest BCUT2D eigenvalue weighted by Crippen LogP contribution is 2.43. The molecule has 1 N–H and O–H groups in total. The summed E-state index contributed by atoms with van der Waals surface area (Å²) in [5.41, 5.74) is 4.39. The minimum absolute atomic E-state index is 0.218. The molecule has 0 aromatic heterocycles. The summed E-state index contributed by atoms with van der Waals surface area (Å²) < 4.78 is 5.92. The standard InChI is InChI=1S/C16H21NO3S2/c18-15(17-20-14-4-1-2-9-19-14)12-5-7-13(8-6-12)16-21-10-3-11-22-16/h5-8,14,16H,1-4,9-11H2,(H,17,18)/t14-/m1/s1. The van der Waals surface area contributed by atoms with E-state index in [1.54, 1.807) is 0 Å². The van der Waals surface area contributed by atoms with Crippen molar-refractivity contribution in [2.45, 2.75) is 36.6 Å². The molecule has 2 aliphatic rings. The van der Waals surface area contributed by atoms with Crippen LogP contribution >= 0.6 is 23.5 Å². The van der Waals surface area contributed by atoms with Crippen LogP contribution in [0.15, 0.2) is 24.3 Å². The van der Waals surface area contributed by atoms with E-state index in [9.17, 15) is 4.79 Å². The molecule has 0 unspecified atom stereocenters. The van der Waals surface area contributed by atoms with Gasteiger partial charge in [0, 0.05) is 18.6 Å². The van der Waals surface area contributed by atoms with Gasteiger partial charge in [-0.2, -0.15) is 0 Å². The van der Waals surface area contributed by atoms with E-state index in [-0.39, 0.29) is 12.2 Å². The van der Waals surface area contributed by atoms with Crippen LogP contribution in [0.1, 0.15) is 46.2 Å². The molecule has 6 heteroatoms. The third-order valence-corrected chi connectivity index (χ3v) is 6.71. The summed E-state index contributed by atoms with van der Waals surface area (Å²) in [4.78, 5) is 17.4. The Morgan fingerprint density at radius 1 is 1.14 bits per heavy atom. The van der Waals surface area contributed by atoms with Crippen LogP contribution < -0.4 is 5.48 Å². The van der Waals surface area contributed by atoms with Crippen molar-refractivity contribution < 1.29 is 14.4 Å². The van der Waals surface area contributed by atoms with Crippen LogP contribution in [-0.4, -0.2) is 30.3 Å². The van der Waals surface area contributed by atoms with Crippen molar-refractivity contribution in [1.29, 1.82) is 0 Å². The molecule has 4 nitrogen and oxygen atoms in total. The highest BCUT2D eigenvalue weighted by atomic mass is 32.2. The molecule has 2 fully saturated rings. The maximum atomic E-state index is 12.1. The summed E-state index contributed by atoms with van der Waals surface area (Å²) in [6.45, 7) is 0.700. The molecule has 22 heavy (non-hydrogen) atoms. The van der Waals surface area contributed by atoms with Crippen molar-refractivity contribution in [2.24, 2.45) is 0 Å². The molecular formula is C16H21NO3S2. The fourth-order valence-electron chi connectivity index (χ4n) is 2.45. The number of thioether (sulfide) groups is 2. The van der Waals surface area contributed by atoms with E-state index in [0.29, 0.717) is 16.8 Å². The van der Waals surface area contributed by atoms with Crippen LogP contribution in [-0.2, 0) is 9.57 Å². The number of hydroxylamine groups is 1. The van der Waals surface area contributed by atoms with Gasteiger partial charge in [-0.15, -0.1) is 23.5 Å². The normalized spacial score (nSPS) is 23.2. The lowest BCUT2D eigenvalue weighted by atomic mass is 10.1. The summed E-state index contributed by atoms with van der Waals surface area (Å²) in [5.74, 6) is 2.22. The topological polar surface area (TPSA) is 47.6 Å². The zero-order chi connectivity index (χ0) is 15.2. The van der Waals surface area contributed by atoms with Gasteiger partial charge >= 0.3 is 0 Å². The number of nitrogens with one attached hydrogen (secondary N) is 1. The van der Waals surface area contributed by atoms with Crippen molar-refractivity contribution in [1.82, 2.24) is 5.48 Å². The van der Waals surface area contributed by atoms with E-state index >= 15 is 0 Å². The monoisotopic (exact) mass is 339 g/mol. The molecule has 0 aliphatic carbocycles. The van der Waals surface area contributed by atoms with Crippen molar-refractivity contribution in [3.8, 4) is 0 Å². The second-order valence-electron chi connectivity index (χ2n) is 5.39. The van der Waals surface area contributed by atoms with Gasteiger partial charge in [0.25, 0.3) is 5.91 Å². The molecule has 3 rings (SSSR count). The Balaban J connectivity index is 1.51. The number of rotatable bonds is 4. The fourth-order valence-corrected chi connectivity index (χ4v) is 5.35. The molecule has 1 amide bonds. The summed E-state index contributed by atoms with van der Waals surface area (Å²) >= 11 is 3.96. The first-order chi connectivity index (χ1) is 10.8. The quantitative estimate of drug-likeness (QED) is 0.847. The molecule has 0 saturated carbocycles. The van der Waals surface area contributed by atoms with Crippen LogP contribution in [0.5, 0.6) is 0 Å². The number of ether oxygens (including phenoxy) is 1. The average Bonchev–Trinajstić information content (AvgIpc) is 2.61. The van der Waals surface area contributed by atoms with Crippen LogP contribution in [0.2, 0.25) is 0 Å². The van der Waals surface area contributed by atoms with Crippen molar-refractivity contribution in [2.75, 3.05) is 18.1 Å². The second-order valence-corrected chi connectivity index (χ2v) is 8.12. The summed E-state index contributed by atoms with van der Waals surface area (Å²) in [6, 6.07) is 7.82. The summed E-state index contributed by atoms with van der Waals surface area (Å²) in [5, 5.41) is 0. The molecular weight excluding hydrogens is 318 g/mol. The van der Waals surface area contributed by atoms with E-state index in [4.69, 9.17) is 9.57 Å². The maximum absolute atomic E-state index is 12.1. The van der Waals surface area contributed by atoms with Crippen molar-refractivity contribution >= 4 is 29.4 Å². The molecule has 0 spiro atoms. The molecule has 2 saturated heterocycles. The minimum atomic E-state index is -0.313. The third kappa shape index (κ3) is 4.41. The Hall–Kier alpha value is -0.690. The first-order valence-corrected chi connectivity index (χ1v) is 9.83. The van der Waals surface area contributed by atoms with Crippen LogP contribution in [0, 0.1) is 0 Å². The number of benzene rings is 1. The first kappa shape index (κ1) is 16.2. The third-order valence-electron chi connectivity index (χ3n) is 3.69. The molecule has 2 aliphatic heterocycles. The Kier molecular flexibility index (Phi) is 6.06. The van der Waals surface area contributed by atoms with Gasteiger partial charge in [0.05, 0.1) is 4.58 Å². The predicted octanol–water partition coefficient (Wildman–Crippen LogP) is 3.74. The lowest BCUT2D eigenvalue weighted by molar-refractivity contribution is -0.186. The zero-order valence-corrected chi connectivity index (χ0v) is 14.1.